The Morgan fingerprint density at radius 1 is 1.29 bits per heavy atom. The van der Waals surface area contributed by atoms with Gasteiger partial charge in [0.15, 0.2) is 5.78 Å². The number of nitriles is 1. The van der Waals surface area contributed by atoms with Gasteiger partial charge in [-0.1, -0.05) is 12.1 Å². The van der Waals surface area contributed by atoms with Gasteiger partial charge in [-0.3, -0.25) is 4.79 Å². The van der Waals surface area contributed by atoms with Crippen LogP contribution in [0.4, 0.5) is 0 Å². The first-order chi connectivity index (χ1) is 10.0. The normalized spacial score (nSPS) is 14.4. The molecule has 1 aromatic rings. The fourth-order valence-electron chi connectivity index (χ4n) is 2.69. The number of rotatable bonds is 6. The molecule has 0 saturated carbocycles. The van der Waals surface area contributed by atoms with E-state index >= 15 is 0 Å². The number of ether oxygens (including phenoxy) is 1. The first kappa shape index (κ1) is 15.6. The second-order valence-electron chi connectivity index (χ2n) is 6.36. The number of unbranched alkanes of at least 4 members (excludes halogenated alkanes) is 1. The number of fused-ring (bicyclic) bond motifs is 1. The molecule has 0 bridgehead atoms. The summed E-state index contributed by atoms with van der Waals surface area (Å²) in [7, 11) is 0. The van der Waals surface area contributed by atoms with Crippen LogP contribution in [0.15, 0.2) is 18.2 Å². The molecule has 0 radical (unpaired) electrons. The third kappa shape index (κ3) is 4.07. The number of hydrogen-bond donors (Lipinski definition) is 0. The molecular formula is C18H23NO2. The third-order valence-electron chi connectivity index (χ3n) is 4.02. The van der Waals surface area contributed by atoms with Crippen LogP contribution in [-0.4, -0.2) is 12.4 Å². The number of Topliss-reactive ketones (excluding diaryl/α,β-unsaturated/α-hetero) is 1. The fraction of sp³-hybridized carbons (Fsp3) is 0.556. The fourth-order valence-corrected chi connectivity index (χ4v) is 2.69. The lowest BCUT2D eigenvalue weighted by atomic mass is 9.89. The van der Waals surface area contributed by atoms with Crippen molar-refractivity contribution in [2.75, 3.05) is 6.61 Å². The van der Waals surface area contributed by atoms with E-state index in [-0.39, 0.29) is 11.2 Å². The van der Waals surface area contributed by atoms with Crippen molar-refractivity contribution in [3.05, 3.63) is 29.3 Å². The van der Waals surface area contributed by atoms with Crippen molar-refractivity contribution in [3.63, 3.8) is 0 Å². The Kier molecular flexibility index (Phi) is 5.01. The summed E-state index contributed by atoms with van der Waals surface area (Å²) in [6, 6.07) is 8.07. The lowest BCUT2D eigenvalue weighted by Gasteiger charge is -2.19. The quantitative estimate of drug-likeness (QED) is 0.732. The van der Waals surface area contributed by atoms with Crippen LogP contribution in [0.3, 0.4) is 0 Å². The largest absolute Gasteiger partial charge is 0.493 e. The SMILES string of the molecule is CC(C)(C#N)CCCCOc1cccc2c1CCCC2=O. The standard InChI is InChI=1S/C18H23NO2/c1-18(2,13-19)11-3-4-12-21-17-10-6-7-14-15(17)8-5-9-16(14)20/h6-7,10H,3-5,8-9,11-12H2,1-2H3. The summed E-state index contributed by atoms with van der Waals surface area (Å²) < 4.78 is 5.87. The van der Waals surface area contributed by atoms with Crippen molar-refractivity contribution in [1.29, 1.82) is 5.26 Å². The lowest BCUT2D eigenvalue weighted by Crippen LogP contribution is -2.13. The lowest BCUT2D eigenvalue weighted by molar-refractivity contribution is 0.0971. The maximum atomic E-state index is 11.9. The predicted molar refractivity (Wildman–Crippen MR) is 82.5 cm³/mol. The summed E-state index contributed by atoms with van der Waals surface area (Å²) in [6.07, 6.45) is 5.30. The number of nitrogens with zero attached hydrogens (tertiary/aromatic N) is 1. The summed E-state index contributed by atoms with van der Waals surface area (Å²) in [4.78, 5) is 11.9. The monoisotopic (exact) mass is 285 g/mol. The Hall–Kier alpha value is -1.82. The Bertz CT molecular complexity index is 555. The third-order valence-corrected chi connectivity index (χ3v) is 4.02. The summed E-state index contributed by atoms with van der Waals surface area (Å²) >= 11 is 0. The molecule has 21 heavy (non-hydrogen) atoms. The van der Waals surface area contributed by atoms with E-state index < -0.39 is 0 Å². The molecule has 0 atom stereocenters. The van der Waals surface area contributed by atoms with Gasteiger partial charge in [-0.2, -0.15) is 5.26 Å². The highest BCUT2D eigenvalue weighted by atomic mass is 16.5. The van der Waals surface area contributed by atoms with E-state index in [4.69, 9.17) is 10.00 Å². The van der Waals surface area contributed by atoms with E-state index in [0.717, 1.165) is 49.0 Å². The topological polar surface area (TPSA) is 50.1 Å². The minimum Gasteiger partial charge on any atom is -0.493 e. The smallest absolute Gasteiger partial charge is 0.163 e. The molecule has 0 heterocycles. The van der Waals surface area contributed by atoms with Crippen LogP contribution in [0.5, 0.6) is 5.75 Å². The zero-order valence-corrected chi connectivity index (χ0v) is 12.9. The highest BCUT2D eigenvalue weighted by Gasteiger charge is 2.20. The Labute approximate surface area is 126 Å². The molecule has 0 aromatic heterocycles. The molecule has 1 aromatic carbocycles. The van der Waals surface area contributed by atoms with Gasteiger partial charge in [0.05, 0.1) is 18.1 Å². The van der Waals surface area contributed by atoms with Crippen molar-refractivity contribution in [1.82, 2.24) is 0 Å². The summed E-state index contributed by atoms with van der Waals surface area (Å²) in [5.41, 5.74) is 1.66. The van der Waals surface area contributed by atoms with Gasteiger partial charge >= 0.3 is 0 Å². The van der Waals surface area contributed by atoms with Crippen LogP contribution in [0, 0.1) is 16.7 Å². The molecule has 0 fully saturated rings. The van der Waals surface area contributed by atoms with Gasteiger partial charge < -0.3 is 4.74 Å². The molecule has 0 saturated heterocycles. The summed E-state index contributed by atoms with van der Waals surface area (Å²) in [5.74, 6) is 1.09. The van der Waals surface area contributed by atoms with Crippen LogP contribution >= 0.6 is 0 Å². The van der Waals surface area contributed by atoms with Gasteiger partial charge in [-0.15, -0.1) is 0 Å². The van der Waals surface area contributed by atoms with Crippen molar-refractivity contribution < 1.29 is 9.53 Å². The highest BCUT2D eigenvalue weighted by Crippen LogP contribution is 2.30. The molecule has 0 spiro atoms. The van der Waals surface area contributed by atoms with Crippen LogP contribution in [0.2, 0.25) is 0 Å². The molecule has 0 amide bonds. The minimum absolute atomic E-state index is 0.234. The maximum Gasteiger partial charge on any atom is 0.163 e. The minimum atomic E-state index is -0.252. The van der Waals surface area contributed by atoms with Crippen molar-refractivity contribution in [3.8, 4) is 11.8 Å². The number of carbonyl (C=O) groups excluding carboxylic acids is 1. The number of hydrogen-bond acceptors (Lipinski definition) is 3. The van der Waals surface area contributed by atoms with Gasteiger partial charge in [-0.05, 0) is 52.0 Å². The van der Waals surface area contributed by atoms with E-state index in [2.05, 4.69) is 6.07 Å². The molecule has 2 rings (SSSR count). The highest BCUT2D eigenvalue weighted by molar-refractivity contribution is 5.99. The molecule has 3 heteroatoms. The number of ketones is 1. The molecule has 0 aliphatic heterocycles. The van der Waals surface area contributed by atoms with Gasteiger partial charge in [0.25, 0.3) is 0 Å². The zero-order valence-electron chi connectivity index (χ0n) is 12.9. The molecule has 112 valence electrons. The summed E-state index contributed by atoms with van der Waals surface area (Å²) in [6.45, 7) is 4.58. The molecule has 1 aliphatic carbocycles. The van der Waals surface area contributed by atoms with E-state index in [1.54, 1.807) is 0 Å². The van der Waals surface area contributed by atoms with E-state index in [0.29, 0.717) is 13.0 Å². The predicted octanol–water partition coefficient (Wildman–Crippen LogP) is 4.30. The zero-order chi connectivity index (χ0) is 15.3. The molecule has 0 N–H and O–H groups in total. The molecule has 1 aliphatic rings. The van der Waals surface area contributed by atoms with Crippen molar-refractivity contribution >= 4 is 5.78 Å². The first-order valence-corrected chi connectivity index (χ1v) is 7.73. The molecule has 0 unspecified atom stereocenters. The van der Waals surface area contributed by atoms with E-state index in [1.165, 1.54) is 0 Å². The summed E-state index contributed by atoms with van der Waals surface area (Å²) in [5, 5.41) is 8.97. The van der Waals surface area contributed by atoms with Crippen LogP contribution in [-0.2, 0) is 6.42 Å². The van der Waals surface area contributed by atoms with E-state index in [9.17, 15) is 4.79 Å². The van der Waals surface area contributed by atoms with Crippen LogP contribution in [0.1, 0.15) is 61.9 Å². The first-order valence-electron chi connectivity index (χ1n) is 7.73. The Morgan fingerprint density at radius 3 is 2.86 bits per heavy atom. The number of benzene rings is 1. The second-order valence-corrected chi connectivity index (χ2v) is 6.36. The Morgan fingerprint density at radius 2 is 2.10 bits per heavy atom. The van der Waals surface area contributed by atoms with Gasteiger partial charge in [0.1, 0.15) is 5.75 Å². The van der Waals surface area contributed by atoms with Gasteiger partial charge in [0, 0.05) is 17.5 Å². The average molecular weight is 285 g/mol. The molecule has 3 nitrogen and oxygen atoms in total. The van der Waals surface area contributed by atoms with Crippen LogP contribution in [0.25, 0.3) is 0 Å². The van der Waals surface area contributed by atoms with Crippen molar-refractivity contribution in [2.45, 2.75) is 52.4 Å². The maximum absolute atomic E-state index is 11.9. The van der Waals surface area contributed by atoms with Gasteiger partial charge in [-0.25, -0.2) is 0 Å². The van der Waals surface area contributed by atoms with Crippen LogP contribution < -0.4 is 4.74 Å². The van der Waals surface area contributed by atoms with E-state index in [1.807, 2.05) is 32.0 Å². The average Bonchev–Trinajstić information content (AvgIpc) is 2.48. The van der Waals surface area contributed by atoms with Crippen molar-refractivity contribution in [2.24, 2.45) is 5.41 Å². The second kappa shape index (κ2) is 6.76. The Balaban J connectivity index is 1.86. The molecular weight excluding hydrogens is 262 g/mol. The van der Waals surface area contributed by atoms with Gasteiger partial charge in [0.2, 0.25) is 0 Å². The number of carbonyl (C=O) groups is 1.